The third kappa shape index (κ3) is 3.06. The molecule has 3 N–H and O–H groups in total. The van der Waals surface area contributed by atoms with Crippen LogP contribution in [0.5, 0.6) is 0 Å². The lowest BCUT2D eigenvalue weighted by Crippen LogP contribution is -2.57. The molecule has 0 spiro atoms. The number of nitrogens with zero attached hydrogens (tertiary/aromatic N) is 1. The average Bonchev–Trinajstić information content (AvgIpc) is 2.37. The van der Waals surface area contributed by atoms with Gasteiger partial charge >= 0.3 is 6.18 Å². The van der Waals surface area contributed by atoms with E-state index in [0.29, 0.717) is 29.8 Å². The number of benzene rings is 1. The SMILES string of the molecule is NC(=O)C1CNCCN1c1ccc(C(F)(F)F)cc1Br. The number of amides is 1. The average molecular weight is 352 g/mol. The first-order valence-corrected chi connectivity index (χ1v) is 6.73. The van der Waals surface area contributed by atoms with Crippen molar-refractivity contribution >= 4 is 27.5 Å². The van der Waals surface area contributed by atoms with Gasteiger partial charge in [-0.25, -0.2) is 0 Å². The second-order valence-electron chi connectivity index (χ2n) is 4.48. The molecule has 0 bridgehead atoms. The van der Waals surface area contributed by atoms with Crippen LogP contribution < -0.4 is 16.0 Å². The highest BCUT2D eigenvalue weighted by molar-refractivity contribution is 9.10. The lowest BCUT2D eigenvalue weighted by atomic mass is 10.1. The molecule has 1 saturated heterocycles. The molecule has 110 valence electrons. The van der Waals surface area contributed by atoms with Crippen LogP contribution in [0.2, 0.25) is 0 Å². The number of nitrogens with one attached hydrogen (secondary N) is 1. The van der Waals surface area contributed by atoms with E-state index in [1.165, 1.54) is 6.07 Å². The van der Waals surface area contributed by atoms with Gasteiger partial charge in [0.2, 0.25) is 5.91 Å². The van der Waals surface area contributed by atoms with E-state index in [-0.39, 0.29) is 0 Å². The first-order valence-electron chi connectivity index (χ1n) is 5.94. The van der Waals surface area contributed by atoms with E-state index < -0.39 is 23.7 Å². The third-order valence-corrected chi connectivity index (χ3v) is 3.79. The maximum absolute atomic E-state index is 12.6. The maximum Gasteiger partial charge on any atom is 0.416 e. The molecular formula is C12H13BrF3N3O. The Morgan fingerprint density at radius 3 is 2.70 bits per heavy atom. The zero-order chi connectivity index (χ0) is 14.9. The van der Waals surface area contributed by atoms with Gasteiger partial charge in [-0.2, -0.15) is 13.2 Å². The van der Waals surface area contributed by atoms with Crippen molar-refractivity contribution in [2.75, 3.05) is 24.5 Å². The fourth-order valence-electron chi connectivity index (χ4n) is 2.16. The van der Waals surface area contributed by atoms with Gasteiger partial charge in [0.15, 0.2) is 0 Å². The lowest BCUT2D eigenvalue weighted by Gasteiger charge is -2.36. The Kier molecular flexibility index (Phi) is 4.24. The highest BCUT2D eigenvalue weighted by Gasteiger charge is 2.33. The van der Waals surface area contributed by atoms with Gasteiger partial charge in [-0.15, -0.1) is 0 Å². The number of hydrogen-bond acceptors (Lipinski definition) is 3. The molecule has 0 radical (unpaired) electrons. The maximum atomic E-state index is 12.6. The quantitative estimate of drug-likeness (QED) is 0.853. The second-order valence-corrected chi connectivity index (χ2v) is 5.33. The Balaban J connectivity index is 2.34. The molecule has 1 aromatic rings. The van der Waals surface area contributed by atoms with Crippen LogP contribution in [0.1, 0.15) is 5.56 Å². The number of piperazine rings is 1. The number of alkyl halides is 3. The van der Waals surface area contributed by atoms with Crippen molar-refractivity contribution in [1.82, 2.24) is 5.32 Å². The van der Waals surface area contributed by atoms with E-state index >= 15 is 0 Å². The number of hydrogen-bond donors (Lipinski definition) is 2. The number of nitrogens with two attached hydrogens (primary N) is 1. The van der Waals surface area contributed by atoms with Crippen molar-refractivity contribution in [3.05, 3.63) is 28.2 Å². The molecule has 8 heteroatoms. The smallest absolute Gasteiger partial charge is 0.368 e. The summed E-state index contributed by atoms with van der Waals surface area (Å²) in [6.45, 7) is 1.51. The van der Waals surface area contributed by atoms with E-state index in [4.69, 9.17) is 5.73 Å². The molecule has 1 aliphatic heterocycles. The van der Waals surface area contributed by atoms with Crippen LogP contribution in [-0.4, -0.2) is 31.6 Å². The van der Waals surface area contributed by atoms with E-state index in [9.17, 15) is 18.0 Å². The standard InChI is InChI=1S/C12H13BrF3N3O/c13-8-5-7(12(14,15)16)1-2-9(8)19-4-3-18-6-10(19)11(17)20/h1-2,5,10,18H,3-4,6H2,(H2,17,20). The Hall–Kier alpha value is -1.28. The highest BCUT2D eigenvalue weighted by atomic mass is 79.9. The van der Waals surface area contributed by atoms with Crippen molar-refractivity contribution < 1.29 is 18.0 Å². The number of rotatable bonds is 2. The summed E-state index contributed by atoms with van der Waals surface area (Å²) in [5.41, 5.74) is 5.12. The van der Waals surface area contributed by atoms with E-state index in [0.717, 1.165) is 12.1 Å². The summed E-state index contributed by atoms with van der Waals surface area (Å²) in [7, 11) is 0. The first kappa shape index (κ1) is 15.1. The topological polar surface area (TPSA) is 58.4 Å². The van der Waals surface area contributed by atoms with Gasteiger partial charge < -0.3 is 16.0 Å². The molecule has 1 fully saturated rings. The summed E-state index contributed by atoms with van der Waals surface area (Å²) >= 11 is 3.14. The molecule has 20 heavy (non-hydrogen) atoms. The minimum atomic E-state index is -4.40. The van der Waals surface area contributed by atoms with Crippen LogP contribution in [0.3, 0.4) is 0 Å². The molecule has 1 heterocycles. The zero-order valence-corrected chi connectivity index (χ0v) is 12.0. The fourth-order valence-corrected chi connectivity index (χ4v) is 2.77. The van der Waals surface area contributed by atoms with Gasteiger partial charge in [0.25, 0.3) is 0 Å². The minimum Gasteiger partial charge on any atom is -0.368 e. The van der Waals surface area contributed by atoms with Crippen molar-refractivity contribution in [1.29, 1.82) is 0 Å². The molecule has 0 saturated carbocycles. The molecule has 1 aromatic carbocycles. The largest absolute Gasteiger partial charge is 0.416 e. The summed E-state index contributed by atoms with van der Waals surface area (Å²) in [6, 6.07) is 2.79. The highest BCUT2D eigenvalue weighted by Crippen LogP contribution is 2.36. The van der Waals surface area contributed by atoms with E-state index in [1.54, 1.807) is 4.90 Å². The van der Waals surface area contributed by atoms with Gasteiger partial charge in [-0.1, -0.05) is 0 Å². The predicted octanol–water partition coefficient (Wildman–Crippen LogP) is 1.73. The lowest BCUT2D eigenvalue weighted by molar-refractivity contribution is -0.137. The van der Waals surface area contributed by atoms with Crippen LogP contribution in [0.4, 0.5) is 18.9 Å². The summed E-state index contributed by atoms with van der Waals surface area (Å²) < 4.78 is 38.2. The molecule has 1 atom stereocenters. The van der Waals surface area contributed by atoms with Gasteiger partial charge in [-0.05, 0) is 34.1 Å². The first-order chi connectivity index (χ1) is 9.30. The Morgan fingerprint density at radius 2 is 2.15 bits per heavy atom. The molecule has 2 rings (SSSR count). The summed E-state index contributed by atoms with van der Waals surface area (Å²) in [6.07, 6.45) is -4.40. The summed E-state index contributed by atoms with van der Waals surface area (Å²) in [4.78, 5) is 13.1. The summed E-state index contributed by atoms with van der Waals surface area (Å²) in [5, 5.41) is 3.03. The monoisotopic (exact) mass is 351 g/mol. The molecular weight excluding hydrogens is 339 g/mol. The number of halogens is 4. The van der Waals surface area contributed by atoms with Crippen molar-refractivity contribution in [3.8, 4) is 0 Å². The van der Waals surface area contributed by atoms with Crippen molar-refractivity contribution in [3.63, 3.8) is 0 Å². The Morgan fingerprint density at radius 1 is 1.45 bits per heavy atom. The van der Waals surface area contributed by atoms with Crippen LogP contribution in [0, 0.1) is 0 Å². The van der Waals surface area contributed by atoms with Crippen LogP contribution in [-0.2, 0) is 11.0 Å². The van der Waals surface area contributed by atoms with Gasteiger partial charge in [0.05, 0.1) is 11.3 Å². The van der Waals surface area contributed by atoms with Crippen molar-refractivity contribution in [2.45, 2.75) is 12.2 Å². The number of primary amides is 1. The third-order valence-electron chi connectivity index (χ3n) is 3.16. The van der Waals surface area contributed by atoms with E-state index in [2.05, 4.69) is 21.2 Å². The van der Waals surface area contributed by atoms with Gasteiger partial charge in [0, 0.05) is 24.1 Å². The number of carbonyl (C=O) groups excluding carboxylic acids is 1. The van der Waals surface area contributed by atoms with E-state index in [1.807, 2.05) is 0 Å². The molecule has 0 aromatic heterocycles. The molecule has 4 nitrogen and oxygen atoms in total. The fraction of sp³-hybridized carbons (Fsp3) is 0.417. The Bertz CT molecular complexity index is 521. The van der Waals surface area contributed by atoms with Crippen molar-refractivity contribution in [2.24, 2.45) is 5.73 Å². The molecule has 1 amide bonds. The van der Waals surface area contributed by atoms with Crippen LogP contribution >= 0.6 is 15.9 Å². The van der Waals surface area contributed by atoms with Gasteiger partial charge in [0.1, 0.15) is 6.04 Å². The summed E-state index contributed by atoms with van der Waals surface area (Å²) in [5.74, 6) is -0.510. The minimum absolute atomic E-state index is 0.292. The molecule has 0 aliphatic carbocycles. The normalized spacial score (nSPS) is 20.0. The predicted molar refractivity (Wildman–Crippen MR) is 72.3 cm³/mol. The van der Waals surface area contributed by atoms with Crippen LogP contribution in [0.15, 0.2) is 22.7 Å². The number of anilines is 1. The second kappa shape index (κ2) is 5.61. The zero-order valence-electron chi connectivity index (χ0n) is 10.4. The molecule has 1 unspecified atom stereocenters. The number of carbonyl (C=O) groups is 1. The van der Waals surface area contributed by atoms with Crippen LogP contribution in [0.25, 0.3) is 0 Å². The van der Waals surface area contributed by atoms with Gasteiger partial charge in [-0.3, -0.25) is 4.79 Å². The Labute approximate surface area is 122 Å². The molecule has 1 aliphatic rings.